The minimum absolute atomic E-state index is 0.303. The zero-order valence-corrected chi connectivity index (χ0v) is 15.7. The molecule has 1 fully saturated rings. The van der Waals surface area contributed by atoms with Gasteiger partial charge in [0.2, 0.25) is 10.0 Å². The minimum Gasteiger partial charge on any atom is -0.493 e. The predicted molar refractivity (Wildman–Crippen MR) is 101 cm³/mol. The number of aliphatic imine (C=N–C) groups is 1. The van der Waals surface area contributed by atoms with E-state index in [4.69, 9.17) is 9.47 Å². The van der Waals surface area contributed by atoms with Gasteiger partial charge in [0.05, 0.1) is 24.8 Å². The normalized spacial score (nSPS) is 15.5. The molecule has 7 heteroatoms. The third-order valence-electron chi connectivity index (χ3n) is 4.33. The summed E-state index contributed by atoms with van der Waals surface area (Å²) >= 11 is 0. The summed E-state index contributed by atoms with van der Waals surface area (Å²) < 4.78 is 37.3. The molecule has 0 unspecified atom stereocenters. The maximum atomic E-state index is 12.5. The quantitative estimate of drug-likeness (QED) is 0.728. The number of ether oxygens (including phenoxy) is 2. The fourth-order valence-electron chi connectivity index (χ4n) is 2.94. The molecule has 0 N–H and O–H groups in total. The van der Waals surface area contributed by atoms with Crippen molar-refractivity contribution in [3.05, 3.63) is 48.0 Å². The fraction of sp³-hybridized carbons (Fsp3) is 0.316. The van der Waals surface area contributed by atoms with Crippen LogP contribution in [0.2, 0.25) is 0 Å². The molecule has 0 aliphatic carbocycles. The second-order valence-electron chi connectivity index (χ2n) is 5.95. The average Bonchev–Trinajstić information content (AvgIpc) is 3.22. The van der Waals surface area contributed by atoms with Crippen molar-refractivity contribution in [2.75, 3.05) is 27.3 Å². The summed E-state index contributed by atoms with van der Waals surface area (Å²) in [6.45, 7) is 1.19. The molecule has 0 aromatic heterocycles. The second-order valence-corrected chi connectivity index (χ2v) is 7.88. The summed E-state index contributed by atoms with van der Waals surface area (Å²) in [6.07, 6.45) is 3.51. The topological polar surface area (TPSA) is 68.2 Å². The highest BCUT2D eigenvalue weighted by atomic mass is 32.2. The van der Waals surface area contributed by atoms with Gasteiger partial charge in [-0.15, -0.1) is 0 Å². The van der Waals surface area contributed by atoms with E-state index in [2.05, 4.69) is 4.99 Å². The van der Waals surface area contributed by atoms with Crippen LogP contribution >= 0.6 is 0 Å². The number of sulfonamides is 1. The Kier molecular flexibility index (Phi) is 5.58. The van der Waals surface area contributed by atoms with Gasteiger partial charge in [0, 0.05) is 24.9 Å². The lowest BCUT2D eigenvalue weighted by atomic mass is 10.2. The van der Waals surface area contributed by atoms with Gasteiger partial charge in [0.25, 0.3) is 0 Å². The van der Waals surface area contributed by atoms with Gasteiger partial charge >= 0.3 is 0 Å². The zero-order chi connectivity index (χ0) is 18.6. The Labute approximate surface area is 154 Å². The van der Waals surface area contributed by atoms with E-state index in [0.717, 1.165) is 18.4 Å². The Hall–Kier alpha value is -2.38. The van der Waals surface area contributed by atoms with Gasteiger partial charge < -0.3 is 9.47 Å². The molecule has 2 aromatic rings. The van der Waals surface area contributed by atoms with Crippen molar-refractivity contribution in [1.29, 1.82) is 0 Å². The molecule has 1 saturated heterocycles. The largest absolute Gasteiger partial charge is 0.493 e. The molecule has 0 atom stereocenters. The van der Waals surface area contributed by atoms with Crippen LogP contribution in [0.25, 0.3) is 0 Å². The van der Waals surface area contributed by atoms with Crippen molar-refractivity contribution in [1.82, 2.24) is 4.31 Å². The Morgan fingerprint density at radius 2 is 1.69 bits per heavy atom. The fourth-order valence-corrected chi connectivity index (χ4v) is 4.46. The number of rotatable bonds is 6. The molecule has 0 radical (unpaired) electrons. The van der Waals surface area contributed by atoms with Gasteiger partial charge in [-0.1, -0.05) is 6.07 Å². The van der Waals surface area contributed by atoms with Gasteiger partial charge in [0.1, 0.15) is 0 Å². The second kappa shape index (κ2) is 7.88. The van der Waals surface area contributed by atoms with Crippen LogP contribution in [-0.2, 0) is 10.0 Å². The first-order valence-corrected chi connectivity index (χ1v) is 9.85. The molecule has 138 valence electrons. The maximum absolute atomic E-state index is 12.5. The third-order valence-corrected chi connectivity index (χ3v) is 6.24. The third kappa shape index (κ3) is 3.73. The first-order valence-electron chi connectivity index (χ1n) is 8.41. The Balaban J connectivity index is 1.81. The van der Waals surface area contributed by atoms with Gasteiger partial charge in [-0.25, -0.2) is 8.42 Å². The number of para-hydroxylation sites is 1. The van der Waals surface area contributed by atoms with E-state index in [1.165, 1.54) is 4.31 Å². The summed E-state index contributed by atoms with van der Waals surface area (Å²) in [4.78, 5) is 4.72. The standard InChI is InChI=1S/C19H22N2O4S/c1-24-18-7-5-6-15(19(18)25-2)14-20-16-8-10-17(11-9-16)26(22,23)21-12-3-4-13-21/h5-11,14H,3-4,12-13H2,1-2H3. The van der Waals surface area contributed by atoms with Gasteiger partial charge in [-0.05, 0) is 49.2 Å². The number of benzene rings is 2. The van der Waals surface area contributed by atoms with Crippen LogP contribution in [0.15, 0.2) is 52.4 Å². The summed E-state index contributed by atoms with van der Waals surface area (Å²) in [7, 11) is -0.239. The van der Waals surface area contributed by atoms with Gasteiger partial charge in [-0.3, -0.25) is 4.99 Å². The van der Waals surface area contributed by atoms with Crippen molar-refractivity contribution in [3.63, 3.8) is 0 Å². The molecule has 6 nitrogen and oxygen atoms in total. The lowest BCUT2D eigenvalue weighted by Gasteiger charge is -2.15. The van der Waals surface area contributed by atoms with Crippen molar-refractivity contribution in [2.45, 2.75) is 17.7 Å². The van der Waals surface area contributed by atoms with E-state index < -0.39 is 10.0 Å². The van der Waals surface area contributed by atoms with E-state index in [0.29, 0.717) is 35.2 Å². The van der Waals surface area contributed by atoms with E-state index in [1.807, 2.05) is 18.2 Å². The minimum atomic E-state index is -3.40. The molecule has 2 aromatic carbocycles. The average molecular weight is 374 g/mol. The molecule has 1 heterocycles. The molecule has 0 amide bonds. The Morgan fingerprint density at radius 1 is 1.00 bits per heavy atom. The summed E-state index contributed by atoms with van der Waals surface area (Å²) in [6, 6.07) is 12.1. The van der Waals surface area contributed by atoms with Crippen LogP contribution in [0, 0.1) is 0 Å². The molecule has 3 rings (SSSR count). The molecule has 1 aliphatic rings. The van der Waals surface area contributed by atoms with E-state index in [1.54, 1.807) is 44.7 Å². The monoisotopic (exact) mass is 374 g/mol. The highest BCUT2D eigenvalue weighted by Gasteiger charge is 2.26. The molecule has 26 heavy (non-hydrogen) atoms. The van der Waals surface area contributed by atoms with Crippen LogP contribution in [0.4, 0.5) is 5.69 Å². The smallest absolute Gasteiger partial charge is 0.243 e. The predicted octanol–water partition coefficient (Wildman–Crippen LogP) is 3.24. The molecule has 0 spiro atoms. The summed E-state index contributed by atoms with van der Waals surface area (Å²) in [5.41, 5.74) is 1.44. The number of nitrogens with zero attached hydrogens (tertiary/aromatic N) is 2. The van der Waals surface area contributed by atoms with Crippen LogP contribution in [-0.4, -0.2) is 46.2 Å². The van der Waals surface area contributed by atoms with Crippen molar-refractivity contribution < 1.29 is 17.9 Å². The highest BCUT2D eigenvalue weighted by molar-refractivity contribution is 7.89. The first kappa shape index (κ1) is 18.4. The van der Waals surface area contributed by atoms with Gasteiger partial charge in [-0.2, -0.15) is 4.31 Å². The Bertz CT molecular complexity index is 886. The van der Waals surface area contributed by atoms with E-state index in [9.17, 15) is 8.42 Å². The summed E-state index contributed by atoms with van der Waals surface area (Å²) in [5, 5.41) is 0. The number of methoxy groups -OCH3 is 2. The lowest BCUT2D eigenvalue weighted by molar-refractivity contribution is 0.354. The molecule has 1 aliphatic heterocycles. The van der Waals surface area contributed by atoms with Crippen molar-refractivity contribution in [3.8, 4) is 11.5 Å². The molecule has 0 bridgehead atoms. The lowest BCUT2D eigenvalue weighted by Crippen LogP contribution is -2.27. The van der Waals surface area contributed by atoms with E-state index in [-0.39, 0.29) is 0 Å². The first-order chi connectivity index (χ1) is 12.6. The summed E-state index contributed by atoms with van der Waals surface area (Å²) in [5.74, 6) is 1.23. The van der Waals surface area contributed by atoms with Crippen LogP contribution < -0.4 is 9.47 Å². The van der Waals surface area contributed by atoms with Crippen LogP contribution in [0.5, 0.6) is 11.5 Å². The molecular weight excluding hydrogens is 352 g/mol. The Morgan fingerprint density at radius 3 is 2.31 bits per heavy atom. The van der Waals surface area contributed by atoms with Crippen LogP contribution in [0.3, 0.4) is 0 Å². The molecule has 0 saturated carbocycles. The maximum Gasteiger partial charge on any atom is 0.243 e. The zero-order valence-electron chi connectivity index (χ0n) is 14.9. The number of hydrogen-bond acceptors (Lipinski definition) is 5. The molecular formula is C19H22N2O4S. The SMILES string of the molecule is COc1cccc(C=Nc2ccc(S(=O)(=O)N3CCCC3)cc2)c1OC. The van der Waals surface area contributed by atoms with Gasteiger partial charge in [0.15, 0.2) is 11.5 Å². The van der Waals surface area contributed by atoms with E-state index >= 15 is 0 Å². The van der Waals surface area contributed by atoms with Crippen molar-refractivity contribution >= 4 is 21.9 Å². The number of hydrogen-bond donors (Lipinski definition) is 0. The van der Waals surface area contributed by atoms with Crippen LogP contribution in [0.1, 0.15) is 18.4 Å². The van der Waals surface area contributed by atoms with Crippen molar-refractivity contribution in [2.24, 2.45) is 4.99 Å². The highest BCUT2D eigenvalue weighted by Crippen LogP contribution is 2.30.